The number of nitrogens with zero attached hydrogens (tertiary/aromatic N) is 1. The average Bonchev–Trinajstić information content (AvgIpc) is 3.26. The molecule has 182 valence electrons. The quantitative estimate of drug-likeness (QED) is 0.245. The number of esters is 1. The third-order valence-corrected chi connectivity index (χ3v) is 9.07. The van der Waals surface area contributed by atoms with E-state index in [4.69, 9.17) is 21.7 Å². The molecule has 8 heteroatoms. The fourth-order valence-corrected chi connectivity index (χ4v) is 7.40. The molecule has 4 rings (SSSR count). The molecule has 0 unspecified atom stereocenters. The van der Waals surface area contributed by atoms with Crippen LogP contribution in [0.5, 0.6) is 5.75 Å². The minimum atomic E-state index is -0.748. The Bertz CT molecular complexity index is 1260. The smallest absolute Gasteiger partial charge is 0.346 e. The topological polar surface area (TPSA) is 55.8 Å². The van der Waals surface area contributed by atoms with Crippen LogP contribution in [0.15, 0.2) is 57.7 Å². The summed E-state index contributed by atoms with van der Waals surface area (Å²) >= 11 is 8.93. The minimum Gasteiger partial charge on any atom is -0.494 e. The van der Waals surface area contributed by atoms with E-state index in [2.05, 4.69) is 0 Å². The van der Waals surface area contributed by atoms with Crippen LogP contribution >= 0.6 is 35.7 Å². The first kappa shape index (κ1) is 25.5. The molecule has 2 aromatic carbocycles. The number of thiocarbonyl (C=S) groups is 1. The lowest BCUT2D eigenvalue weighted by Crippen LogP contribution is -2.55. The summed E-state index contributed by atoms with van der Waals surface area (Å²) in [6.07, 6.45) is 0. The van der Waals surface area contributed by atoms with Crippen LogP contribution in [0, 0.1) is 0 Å². The van der Waals surface area contributed by atoms with E-state index in [1.165, 1.54) is 23.5 Å². The van der Waals surface area contributed by atoms with Crippen molar-refractivity contribution in [3.05, 3.63) is 68.8 Å². The maximum atomic E-state index is 12.9. The fourth-order valence-electron chi connectivity index (χ4n) is 4.27. The SMILES string of the molecule is CCOC(=O)C1=C(c2ccccc2)S/C(=C2/C(=S)C(C)(C)N(C(C)=O)c3cc(OCC)ccc32)S1. The molecular formula is C27H27NO4S3. The zero-order valence-electron chi connectivity index (χ0n) is 20.3. The molecule has 0 saturated heterocycles. The normalized spacial score (nSPS) is 19.0. The summed E-state index contributed by atoms with van der Waals surface area (Å²) in [6, 6.07) is 15.6. The van der Waals surface area contributed by atoms with Gasteiger partial charge in [-0.15, -0.1) is 0 Å². The van der Waals surface area contributed by atoms with Gasteiger partial charge in [-0.25, -0.2) is 4.79 Å². The molecule has 0 aromatic heterocycles. The van der Waals surface area contributed by atoms with Gasteiger partial charge in [-0.3, -0.25) is 4.79 Å². The van der Waals surface area contributed by atoms with Crippen LogP contribution in [-0.4, -0.2) is 35.5 Å². The van der Waals surface area contributed by atoms with Gasteiger partial charge in [0.25, 0.3) is 0 Å². The number of benzene rings is 2. The molecule has 2 aromatic rings. The summed E-state index contributed by atoms with van der Waals surface area (Å²) in [5.74, 6) is 0.239. The highest BCUT2D eigenvalue weighted by Crippen LogP contribution is 2.58. The molecule has 0 atom stereocenters. The fraction of sp³-hybridized carbons (Fsp3) is 0.296. The molecule has 5 nitrogen and oxygen atoms in total. The van der Waals surface area contributed by atoms with Gasteiger partial charge in [-0.05, 0) is 45.4 Å². The van der Waals surface area contributed by atoms with Gasteiger partial charge in [0.2, 0.25) is 5.91 Å². The van der Waals surface area contributed by atoms with Crippen molar-refractivity contribution < 1.29 is 19.1 Å². The van der Waals surface area contributed by atoms with Crippen LogP contribution in [0.3, 0.4) is 0 Å². The Balaban J connectivity index is 1.91. The second-order valence-electron chi connectivity index (χ2n) is 8.47. The number of rotatable bonds is 5. The molecule has 0 radical (unpaired) electrons. The zero-order chi connectivity index (χ0) is 25.3. The summed E-state index contributed by atoms with van der Waals surface area (Å²) < 4.78 is 12.0. The zero-order valence-corrected chi connectivity index (χ0v) is 22.8. The monoisotopic (exact) mass is 525 g/mol. The Hall–Kier alpha value is -2.55. The average molecular weight is 526 g/mol. The summed E-state index contributed by atoms with van der Waals surface area (Å²) in [4.78, 5) is 29.5. The van der Waals surface area contributed by atoms with E-state index in [-0.39, 0.29) is 11.9 Å². The van der Waals surface area contributed by atoms with Gasteiger partial charge in [-0.2, -0.15) is 0 Å². The third-order valence-electron chi connectivity index (χ3n) is 5.74. The van der Waals surface area contributed by atoms with Crippen molar-refractivity contribution in [1.29, 1.82) is 0 Å². The first-order chi connectivity index (χ1) is 16.7. The molecule has 0 bridgehead atoms. The third kappa shape index (κ3) is 4.67. The predicted octanol–water partition coefficient (Wildman–Crippen LogP) is 6.68. The Labute approximate surface area is 219 Å². The summed E-state index contributed by atoms with van der Waals surface area (Å²) in [5.41, 5.74) is 2.66. The molecule has 1 amide bonds. The van der Waals surface area contributed by atoms with Crippen molar-refractivity contribution in [3.63, 3.8) is 0 Å². The van der Waals surface area contributed by atoms with Gasteiger partial charge < -0.3 is 14.4 Å². The van der Waals surface area contributed by atoms with E-state index in [0.29, 0.717) is 28.7 Å². The summed E-state index contributed by atoms with van der Waals surface area (Å²) in [7, 11) is 0. The van der Waals surface area contributed by atoms with Gasteiger partial charge in [0.1, 0.15) is 10.7 Å². The van der Waals surface area contributed by atoms with E-state index >= 15 is 0 Å². The second-order valence-corrected chi connectivity index (χ2v) is 11.2. The van der Waals surface area contributed by atoms with Gasteiger partial charge in [0, 0.05) is 29.0 Å². The molecule has 0 spiro atoms. The summed E-state index contributed by atoms with van der Waals surface area (Å²) in [5, 5.41) is 0. The highest BCUT2D eigenvalue weighted by atomic mass is 32.2. The van der Waals surface area contributed by atoms with Crippen LogP contribution in [0.25, 0.3) is 10.5 Å². The number of fused-ring (bicyclic) bond motifs is 1. The van der Waals surface area contributed by atoms with Crippen molar-refractivity contribution in [3.8, 4) is 5.75 Å². The number of hydrogen-bond donors (Lipinski definition) is 0. The van der Waals surface area contributed by atoms with Crippen LogP contribution < -0.4 is 9.64 Å². The molecular weight excluding hydrogens is 499 g/mol. The lowest BCUT2D eigenvalue weighted by atomic mass is 9.83. The number of carbonyl (C=O) groups is 2. The minimum absolute atomic E-state index is 0.0988. The predicted molar refractivity (Wildman–Crippen MR) is 150 cm³/mol. The van der Waals surface area contributed by atoms with Gasteiger partial charge in [0.15, 0.2) is 0 Å². The molecule has 0 aliphatic carbocycles. The van der Waals surface area contributed by atoms with Crippen LogP contribution in [0.4, 0.5) is 5.69 Å². The Morgan fingerprint density at radius 3 is 2.37 bits per heavy atom. The van der Waals surface area contributed by atoms with Crippen LogP contribution in [-0.2, 0) is 14.3 Å². The van der Waals surface area contributed by atoms with Gasteiger partial charge >= 0.3 is 5.97 Å². The van der Waals surface area contributed by atoms with Gasteiger partial charge in [0.05, 0.1) is 33.5 Å². The Morgan fingerprint density at radius 1 is 1.03 bits per heavy atom. The van der Waals surface area contributed by atoms with E-state index < -0.39 is 5.54 Å². The van der Waals surface area contributed by atoms with Crippen molar-refractivity contribution in [1.82, 2.24) is 0 Å². The van der Waals surface area contributed by atoms with Gasteiger partial charge in [-0.1, -0.05) is 66.1 Å². The van der Waals surface area contributed by atoms with E-state index in [0.717, 1.165) is 31.5 Å². The molecule has 35 heavy (non-hydrogen) atoms. The molecule has 2 aliphatic rings. The van der Waals surface area contributed by atoms with E-state index in [9.17, 15) is 9.59 Å². The lowest BCUT2D eigenvalue weighted by molar-refractivity contribution is -0.137. The number of thioether (sulfide) groups is 2. The molecule has 0 N–H and O–H groups in total. The lowest BCUT2D eigenvalue weighted by Gasteiger charge is -2.45. The largest absolute Gasteiger partial charge is 0.494 e. The Morgan fingerprint density at radius 2 is 1.74 bits per heavy atom. The van der Waals surface area contributed by atoms with Crippen molar-refractivity contribution >= 4 is 68.6 Å². The van der Waals surface area contributed by atoms with Crippen LogP contribution in [0.1, 0.15) is 45.7 Å². The highest BCUT2D eigenvalue weighted by Gasteiger charge is 2.45. The van der Waals surface area contributed by atoms with E-state index in [1.54, 1.807) is 18.7 Å². The number of amides is 1. The van der Waals surface area contributed by atoms with Crippen molar-refractivity contribution in [2.75, 3.05) is 18.1 Å². The Kier molecular flexibility index (Phi) is 7.45. The first-order valence-corrected chi connectivity index (χ1v) is 13.4. The maximum absolute atomic E-state index is 12.9. The molecule has 2 heterocycles. The number of ether oxygens (including phenoxy) is 2. The molecule has 0 saturated carbocycles. The first-order valence-electron chi connectivity index (χ1n) is 11.4. The number of hydrogen-bond acceptors (Lipinski definition) is 7. The second kappa shape index (κ2) is 10.2. The summed E-state index contributed by atoms with van der Waals surface area (Å²) in [6.45, 7) is 10.00. The van der Waals surface area contributed by atoms with Crippen molar-refractivity contribution in [2.24, 2.45) is 0 Å². The standard InChI is InChI=1S/C27H27NO4S3/c1-6-31-18-13-14-19-20(15-18)28(16(3)29)27(4,5)24(33)21(19)26-34-22(17-11-9-8-10-12-17)23(35-26)25(30)32-7-2/h8-15H,6-7H2,1-5H3/b26-21-. The number of anilines is 1. The van der Waals surface area contributed by atoms with Crippen molar-refractivity contribution in [2.45, 2.75) is 40.2 Å². The molecule has 0 fully saturated rings. The number of carbonyl (C=O) groups excluding carboxylic acids is 2. The van der Waals surface area contributed by atoms with Crippen LogP contribution in [0.2, 0.25) is 0 Å². The molecule has 2 aliphatic heterocycles. The van der Waals surface area contributed by atoms with E-state index in [1.807, 2.05) is 69.3 Å². The maximum Gasteiger partial charge on any atom is 0.346 e. The highest BCUT2D eigenvalue weighted by molar-refractivity contribution is 8.32.